The zero-order chi connectivity index (χ0) is 13.2. The van der Waals surface area contributed by atoms with E-state index in [0.717, 1.165) is 38.6 Å². The summed E-state index contributed by atoms with van der Waals surface area (Å²) in [6.45, 7) is 2.95. The Labute approximate surface area is 111 Å². The fourth-order valence-corrected chi connectivity index (χ4v) is 2.68. The molecule has 0 bridgehead atoms. The minimum absolute atomic E-state index is 0.144. The van der Waals surface area contributed by atoms with Gasteiger partial charge in [-0.2, -0.15) is 0 Å². The first-order valence-corrected chi connectivity index (χ1v) is 7.67. The summed E-state index contributed by atoms with van der Waals surface area (Å²) in [5, 5.41) is 12.6. The van der Waals surface area contributed by atoms with Crippen molar-refractivity contribution in [2.24, 2.45) is 5.92 Å². The molecule has 3 nitrogen and oxygen atoms in total. The Hall–Kier alpha value is -0.570. The molecule has 0 aromatic rings. The van der Waals surface area contributed by atoms with Gasteiger partial charge < -0.3 is 10.4 Å². The molecule has 0 heterocycles. The molecule has 0 aromatic carbocycles. The van der Waals surface area contributed by atoms with Crippen LogP contribution in [-0.2, 0) is 4.79 Å². The van der Waals surface area contributed by atoms with Gasteiger partial charge in [0.1, 0.15) is 0 Å². The van der Waals surface area contributed by atoms with Gasteiger partial charge in [0, 0.05) is 13.0 Å². The highest BCUT2D eigenvalue weighted by Gasteiger charge is 2.20. The number of carbonyl (C=O) groups excluding carboxylic acids is 1. The molecule has 2 atom stereocenters. The summed E-state index contributed by atoms with van der Waals surface area (Å²) in [6, 6.07) is 0. The number of unbranched alkanes of at least 4 members (excludes halogenated alkanes) is 4. The van der Waals surface area contributed by atoms with Crippen LogP contribution in [0.5, 0.6) is 0 Å². The molecule has 1 rings (SSSR count). The zero-order valence-electron chi connectivity index (χ0n) is 11.8. The fourth-order valence-electron chi connectivity index (χ4n) is 2.68. The van der Waals surface area contributed by atoms with Gasteiger partial charge in [-0.25, -0.2) is 0 Å². The van der Waals surface area contributed by atoms with Crippen LogP contribution in [0, 0.1) is 5.92 Å². The van der Waals surface area contributed by atoms with Crippen molar-refractivity contribution in [1.29, 1.82) is 0 Å². The van der Waals surface area contributed by atoms with Gasteiger partial charge in [0.15, 0.2) is 0 Å². The topological polar surface area (TPSA) is 49.3 Å². The van der Waals surface area contributed by atoms with Gasteiger partial charge in [-0.05, 0) is 31.6 Å². The second-order valence-corrected chi connectivity index (χ2v) is 5.65. The summed E-state index contributed by atoms with van der Waals surface area (Å²) in [5.74, 6) is 0.671. The van der Waals surface area contributed by atoms with E-state index in [2.05, 4.69) is 12.2 Å². The normalized spacial score (nSPS) is 23.9. The Morgan fingerprint density at radius 1 is 1.22 bits per heavy atom. The van der Waals surface area contributed by atoms with Crippen LogP contribution in [0.1, 0.15) is 71.1 Å². The minimum atomic E-state index is -0.144. The third kappa shape index (κ3) is 7.00. The lowest BCUT2D eigenvalue weighted by molar-refractivity contribution is -0.121. The highest BCUT2D eigenvalue weighted by Crippen LogP contribution is 2.23. The highest BCUT2D eigenvalue weighted by molar-refractivity contribution is 5.75. The monoisotopic (exact) mass is 255 g/mol. The van der Waals surface area contributed by atoms with Gasteiger partial charge >= 0.3 is 0 Å². The van der Waals surface area contributed by atoms with Crippen molar-refractivity contribution in [3.63, 3.8) is 0 Å². The first kappa shape index (κ1) is 15.5. The van der Waals surface area contributed by atoms with Gasteiger partial charge in [0.2, 0.25) is 5.91 Å². The third-order valence-corrected chi connectivity index (χ3v) is 3.85. The maximum Gasteiger partial charge on any atom is 0.220 e. The van der Waals surface area contributed by atoms with Crippen molar-refractivity contribution >= 4 is 5.91 Å². The van der Waals surface area contributed by atoms with Crippen molar-refractivity contribution in [2.45, 2.75) is 77.2 Å². The summed E-state index contributed by atoms with van der Waals surface area (Å²) in [5.41, 5.74) is 0. The van der Waals surface area contributed by atoms with E-state index in [-0.39, 0.29) is 12.0 Å². The molecule has 1 amide bonds. The van der Waals surface area contributed by atoms with Gasteiger partial charge in [-0.1, -0.05) is 39.0 Å². The molecule has 0 aromatic heterocycles. The molecule has 3 heteroatoms. The summed E-state index contributed by atoms with van der Waals surface area (Å²) >= 11 is 0. The number of hydrogen-bond donors (Lipinski definition) is 2. The number of nitrogens with one attached hydrogen (secondary N) is 1. The summed E-state index contributed by atoms with van der Waals surface area (Å²) in [7, 11) is 0. The molecule has 1 saturated carbocycles. The minimum Gasteiger partial charge on any atom is -0.393 e. The van der Waals surface area contributed by atoms with Crippen LogP contribution in [0.2, 0.25) is 0 Å². The van der Waals surface area contributed by atoms with E-state index in [9.17, 15) is 9.90 Å². The van der Waals surface area contributed by atoms with Crippen LogP contribution >= 0.6 is 0 Å². The number of rotatable bonds is 8. The lowest BCUT2D eigenvalue weighted by Crippen LogP contribution is -2.32. The van der Waals surface area contributed by atoms with E-state index in [4.69, 9.17) is 0 Å². The standard InChI is InChI=1S/C15H29NO2/c1-2-3-4-5-6-10-15(18)16-12-13-8-7-9-14(17)11-13/h13-14,17H,2-12H2,1H3,(H,16,18). The summed E-state index contributed by atoms with van der Waals surface area (Å²) < 4.78 is 0. The van der Waals surface area contributed by atoms with Crippen molar-refractivity contribution in [3.8, 4) is 0 Å². The number of hydrogen-bond acceptors (Lipinski definition) is 2. The Morgan fingerprint density at radius 2 is 2.00 bits per heavy atom. The smallest absolute Gasteiger partial charge is 0.220 e. The second-order valence-electron chi connectivity index (χ2n) is 5.65. The number of carbonyl (C=O) groups is 1. The van der Waals surface area contributed by atoms with Crippen molar-refractivity contribution < 1.29 is 9.90 Å². The second kappa shape index (κ2) is 9.37. The molecule has 2 N–H and O–H groups in total. The molecule has 0 saturated heterocycles. The van der Waals surface area contributed by atoms with Gasteiger partial charge in [0.25, 0.3) is 0 Å². The van der Waals surface area contributed by atoms with Crippen LogP contribution in [0.25, 0.3) is 0 Å². The fraction of sp³-hybridized carbons (Fsp3) is 0.933. The Balaban J connectivity index is 1.99. The van der Waals surface area contributed by atoms with Crippen LogP contribution < -0.4 is 5.32 Å². The van der Waals surface area contributed by atoms with Crippen LogP contribution in [0.3, 0.4) is 0 Å². The van der Waals surface area contributed by atoms with E-state index in [1.807, 2.05) is 0 Å². The molecule has 106 valence electrons. The first-order valence-electron chi connectivity index (χ1n) is 7.67. The van der Waals surface area contributed by atoms with E-state index >= 15 is 0 Å². The zero-order valence-corrected chi connectivity index (χ0v) is 11.8. The lowest BCUT2D eigenvalue weighted by Gasteiger charge is -2.25. The van der Waals surface area contributed by atoms with Gasteiger partial charge in [-0.3, -0.25) is 4.79 Å². The third-order valence-electron chi connectivity index (χ3n) is 3.85. The summed E-state index contributed by atoms with van der Waals surface area (Å²) in [6.07, 6.45) is 10.5. The largest absolute Gasteiger partial charge is 0.393 e. The molecule has 1 fully saturated rings. The molecule has 0 aliphatic heterocycles. The van der Waals surface area contributed by atoms with Crippen molar-refractivity contribution in [3.05, 3.63) is 0 Å². The van der Waals surface area contributed by atoms with Crippen molar-refractivity contribution in [1.82, 2.24) is 5.32 Å². The van der Waals surface area contributed by atoms with E-state index < -0.39 is 0 Å². The lowest BCUT2D eigenvalue weighted by atomic mass is 9.87. The number of amides is 1. The summed E-state index contributed by atoms with van der Waals surface area (Å²) in [4.78, 5) is 11.6. The first-order chi connectivity index (χ1) is 8.72. The quantitative estimate of drug-likeness (QED) is 0.655. The van der Waals surface area contributed by atoms with Crippen molar-refractivity contribution in [2.75, 3.05) is 6.54 Å². The van der Waals surface area contributed by atoms with E-state index in [1.54, 1.807) is 0 Å². The Kier molecular flexibility index (Phi) is 8.06. The van der Waals surface area contributed by atoms with Gasteiger partial charge in [0.05, 0.1) is 6.10 Å². The van der Waals surface area contributed by atoms with Crippen LogP contribution in [0.4, 0.5) is 0 Å². The average Bonchev–Trinajstić information content (AvgIpc) is 2.36. The maximum absolute atomic E-state index is 11.6. The number of aliphatic hydroxyl groups excluding tert-OH is 1. The highest BCUT2D eigenvalue weighted by atomic mass is 16.3. The maximum atomic E-state index is 11.6. The molecular weight excluding hydrogens is 226 g/mol. The van der Waals surface area contributed by atoms with E-state index in [0.29, 0.717) is 12.3 Å². The van der Waals surface area contributed by atoms with Gasteiger partial charge in [-0.15, -0.1) is 0 Å². The average molecular weight is 255 g/mol. The van der Waals surface area contributed by atoms with E-state index in [1.165, 1.54) is 25.7 Å². The predicted molar refractivity (Wildman–Crippen MR) is 74.4 cm³/mol. The number of aliphatic hydroxyl groups is 1. The molecular formula is C15H29NO2. The molecule has 2 unspecified atom stereocenters. The predicted octanol–water partition coefficient (Wildman–Crippen LogP) is 3.01. The molecule has 0 radical (unpaired) electrons. The molecule has 1 aliphatic carbocycles. The molecule has 1 aliphatic rings. The Morgan fingerprint density at radius 3 is 2.72 bits per heavy atom. The molecule has 0 spiro atoms. The SMILES string of the molecule is CCCCCCCC(=O)NCC1CCCC(O)C1. The Bertz CT molecular complexity index is 231. The molecule has 18 heavy (non-hydrogen) atoms. The van der Waals surface area contributed by atoms with Crippen LogP contribution in [0.15, 0.2) is 0 Å². The van der Waals surface area contributed by atoms with Crippen LogP contribution in [-0.4, -0.2) is 23.7 Å².